The number of ether oxygens (including phenoxy) is 1. The third-order valence-electron chi connectivity index (χ3n) is 6.55. The standard InChI is InChI=1S/C26H27BrN4O3/c1-30-12-11-19(29-30)16-34-20-9-10-23-24(14-20)31(15-17-5-4-6-18(27)13-17)25(28-23)21-7-2-3-8-22(21)26(32)33/h4-6,9-14,21-22H,2-3,7-8,15-16H2,1H3,(H,32,33)/t21-,22+/m1/s1. The van der Waals surface area contributed by atoms with Gasteiger partial charge in [-0.3, -0.25) is 9.48 Å². The molecule has 0 aliphatic heterocycles. The molecule has 1 aliphatic carbocycles. The molecule has 2 aromatic carbocycles. The molecule has 0 spiro atoms. The molecule has 1 fully saturated rings. The smallest absolute Gasteiger partial charge is 0.307 e. The van der Waals surface area contributed by atoms with Crippen LogP contribution in [0.4, 0.5) is 0 Å². The molecule has 2 atom stereocenters. The quantitative estimate of drug-likeness (QED) is 0.345. The summed E-state index contributed by atoms with van der Waals surface area (Å²) in [6.07, 6.45) is 5.39. The molecular weight excluding hydrogens is 496 g/mol. The van der Waals surface area contributed by atoms with Crippen LogP contribution in [0.3, 0.4) is 0 Å². The Balaban J connectivity index is 1.55. The maximum Gasteiger partial charge on any atom is 0.307 e. The van der Waals surface area contributed by atoms with E-state index in [1.54, 1.807) is 4.68 Å². The van der Waals surface area contributed by atoms with Crippen molar-refractivity contribution in [3.8, 4) is 5.75 Å². The highest BCUT2D eigenvalue weighted by atomic mass is 79.9. The van der Waals surface area contributed by atoms with E-state index in [1.807, 2.05) is 49.6 Å². The van der Waals surface area contributed by atoms with E-state index in [1.165, 1.54) is 0 Å². The highest BCUT2D eigenvalue weighted by Crippen LogP contribution is 2.39. The lowest BCUT2D eigenvalue weighted by Gasteiger charge is -2.28. The van der Waals surface area contributed by atoms with Crippen molar-refractivity contribution in [2.75, 3.05) is 0 Å². The molecule has 0 amide bonds. The maximum absolute atomic E-state index is 12.1. The summed E-state index contributed by atoms with van der Waals surface area (Å²) in [6, 6.07) is 16.0. The molecule has 2 aromatic heterocycles. The molecule has 2 heterocycles. The Kier molecular flexibility index (Phi) is 6.41. The minimum Gasteiger partial charge on any atom is -0.487 e. The van der Waals surface area contributed by atoms with Gasteiger partial charge in [-0.25, -0.2) is 4.98 Å². The predicted molar refractivity (Wildman–Crippen MR) is 133 cm³/mol. The van der Waals surface area contributed by atoms with Gasteiger partial charge in [-0.1, -0.05) is 40.9 Å². The molecule has 4 aromatic rings. The number of fused-ring (bicyclic) bond motifs is 1. The highest BCUT2D eigenvalue weighted by molar-refractivity contribution is 9.10. The SMILES string of the molecule is Cn1ccc(COc2ccc3nc([C@@H]4CCCC[C@@H]4C(=O)O)n(Cc4cccc(Br)c4)c3c2)n1. The number of hydrogen-bond acceptors (Lipinski definition) is 4. The topological polar surface area (TPSA) is 82.2 Å². The summed E-state index contributed by atoms with van der Waals surface area (Å²) >= 11 is 3.57. The second-order valence-electron chi connectivity index (χ2n) is 8.94. The summed E-state index contributed by atoms with van der Waals surface area (Å²) in [5.41, 5.74) is 3.78. The van der Waals surface area contributed by atoms with Crippen LogP contribution in [0.2, 0.25) is 0 Å². The van der Waals surface area contributed by atoms with Gasteiger partial charge in [0.25, 0.3) is 0 Å². The van der Waals surface area contributed by atoms with Gasteiger partial charge in [-0.2, -0.15) is 5.10 Å². The van der Waals surface area contributed by atoms with Gasteiger partial charge in [0, 0.05) is 36.2 Å². The number of nitrogens with zero attached hydrogens (tertiary/aromatic N) is 4. The van der Waals surface area contributed by atoms with Crippen molar-refractivity contribution < 1.29 is 14.6 Å². The fraction of sp³-hybridized carbons (Fsp3) is 0.346. The summed E-state index contributed by atoms with van der Waals surface area (Å²) in [4.78, 5) is 17.0. The zero-order chi connectivity index (χ0) is 23.7. The summed E-state index contributed by atoms with van der Waals surface area (Å²) < 4.78 is 11.0. The van der Waals surface area contributed by atoms with Crippen LogP contribution in [0.5, 0.6) is 5.75 Å². The molecule has 34 heavy (non-hydrogen) atoms. The number of rotatable bonds is 7. The van der Waals surface area contributed by atoms with E-state index in [9.17, 15) is 9.90 Å². The van der Waals surface area contributed by atoms with Crippen molar-refractivity contribution in [3.63, 3.8) is 0 Å². The molecule has 7 nitrogen and oxygen atoms in total. The van der Waals surface area contributed by atoms with E-state index in [0.717, 1.165) is 57.6 Å². The third-order valence-corrected chi connectivity index (χ3v) is 7.04. The van der Waals surface area contributed by atoms with Gasteiger partial charge in [0.15, 0.2) is 0 Å². The molecular formula is C26H27BrN4O3. The van der Waals surface area contributed by atoms with Gasteiger partial charge in [0.1, 0.15) is 18.2 Å². The Labute approximate surface area is 206 Å². The maximum atomic E-state index is 12.1. The highest BCUT2D eigenvalue weighted by Gasteiger charge is 2.35. The van der Waals surface area contributed by atoms with Crippen molar-refractivity contribution in [3.05, 3.63) is 76.3 Å². The lowest BCUT2D eigenvalue weighted by atomic mass is 9.78. The van der Waals surface area contributed by atoms with Gasteiger partial charge >= 0.3 is 5.97 Å². The summed E-state index contributed by atoms with van der Waals surface area (Å²) in [6.45, 7) is 0.987. The number of aromatic nitrogens is 4. The van der Waals surface area contributed by atoms with Gasteiger partial charge in [-0.15, -0.1) is 0 Å². The van der Waals surface area contributed by atoms with Gasteiger partial charge in [-0.05, 0) is 48.7 Å². The van der Waals surface area contributed by atoms with Crippen LogP contribution in [0, 0.1) is 5.92 Å². The Morgan fingerprint density at radius 3 is 2.79 bits per heavy atom. The van der Waals surface area contributed by atoms with Gasteiger partial charge in [0.2, 0.25) is 0 Å². The molecule has 176 valence electrons. The molecule has 1 saturated carbocycles. The van der Waals surface area contributed by atoms with E-state index in [4.69, 9.17) is 9.72 Å². The number of benzene rings is 2. The average Bonchev–Trinajstić information content (AvgIpc) is 3.40. The average molecular weight is 523 g/mol. The minimum absolute atomic E-state index is 0.108. The van der Waals surface area contributed by atoms with Crippen LogP contribution in [0.15, 0.2) is 59.2 Å². The number of carboxylic acids is 1. The van der Waals surface area contributed by atoms with E-state index in [2.05, 4.69) is 37.7 Å². The lowest BCUT2D eigenvalue weighted by molar-refractivity contribution is -0.143. The van der Waals surface area contributed by atoms with Crippen LogP contribution < -0.4 is 4.74 Å². The van der Waals surface area contributed by atoms with Crippen LogP contribution in [0.1, 0.15) is 48.7 Å². The fourth-order valence-electron chi connectivity index (χ4n) is 4.91. The Morgan fingerprint density at radius 2 is 2.03 bits per heavy atom. The summed E-state index contributed by atoms with van der Waals surface area (Å²) in [7, 11) is 1.88. The zero-order valence-corrected chi connectivity index (χ0v) is 20.6. The van der Waals surface area contributed by atoms with Crippen LogP contribution >= 0.6 is 15.9 Å². The van der Waals surface area contributed by atoms with Crippen molar-refractivity contribution in [2.45, 2.75) is 44.8 Å². The van der Waals surface area contributed by atoms with E-state index in [0.29, 0.717) is 19.6 Å². The summed E-state index contributed by atoms with van der Waals surface area (Å²) in [5.74, 6) is 0.336. The molecule has 8 heteroatoms. The molecule has 1 N–H and O–H groups in total. The van der Waals surface area contributed by atoms with Crippen molar-refractivity contribution in [1.82, 2.24) is 19.3 Å². The second-order valence-corrected chi connectivity index (χ2v) is 9.86. The number of aliphatic carboxylic acids is 1. The predicted octanol–water partition coefficient (Wildman–Crippen LogP) is 5.52. The number of carboxylic acid groups (broad SMARTS) is 1. The van der Waals surface area contributed by atoms with Crippen molar-refractivity contribution in [1.29, 1.82) is 0 Å². The Hall–Kier alpha value is -3.13. The minimum atomic E-state index is -0.731. The molecule has 1 aliphatic rings. The third kappa shape index (κ3) is 4.73. The first kappa shape index (κ1) is 22.7. The largest absolute Gasteiger partial charge is 0.487 e. The molecule has 5 rings (SSSR count). The second kappa shape index (κ2) is 9.62. The number of imidazole rings is 1. The van der Waals surface area contributed by atoms with Crippen molar-refractivity contribution in [2.24, 2.45) is 13.0 Å². The Bertz CT molecular complexity index is 1330. The molecule has 0 radical (unpaired) electrons. The van der Waals surface area contributed by atoms with Gasteiger partial charge < -0.3 is 14.4 Å². The first-order valence-corrected chi connectivity index (χ1v) is 12.4. The van der Waals surface area contributed by atoms with Crippen LogP contribution in [0.25, 0.3) is 11.0 Å². The number of hydrogen-bond donors (Lipinski definition) is 1. The molecule has 0 unspecified atom stereocenters. The van der Waals surface area contributed by atoms with E-state index < -0.39 is 11.9 Å². The van der Waals surface area contributed by atoms with Crippen molar-refractivity contribution >= 4 is 32.9 Å². The van der Waals surface area contributed by atoms with E-state index >= 15 is 0 Å². The monoisotopic (exact) mass is 522 g/mol. The summed E-state index contributed by atoms with van der Waals surface area (Å²) in [5, 5.41) is 14.3. The molecule has 0 saturated heterocycles. The lowest BCUT2D eigenvalue weighted by Crippen LogP contribution is -2.27. The first-order chi connectivity index (χ1) is 16.5. The molecule has 0 bridgehead atoms. The fourth-order valence-corrected chi connectivity index (χ4v) is 5.36. The normalized spacial score (nSPS) is 18.3. The van der Waals surface area contributed by atoms with Gasteiger partial charge in [0.05, 0.1) is 22.6 Å². The van der Waals surface area contributed by atoms with E-state index in [-0.39, 0.29) is 5.92 Å². The number of aryl methyl sites for hydroxylation is 1. The van der Waals surface area contributed by atoms with Crippen LogP contribution in [-0.2, 0) is 25.0 Å². The van der Waals surface area contributed by atoms with Crippen LogP contribution in [-0.4, -0.2) is 30.4 Å². The Morgan fingerprint density at radius 1 is 1.18 bits per heavy atom. The zero-order valence-electron chi connectivity index (χ0n) is 19.0. The number of halogens is 1. The first-order valence-electron chi connectivity index (χ1n) is 11.6. The number of carbonyl (C=O) groups is 1.